The van der Waals surface area contributed by atoms with Gasteiger partial charge in [0.15, 0.2) is 0 Å². The predicted octanol–water partition coefficient (Wildman–Crippen LogP) is 3.29. The van der Waals surface area contributed by atoms with Crippen LogP contribution in [0.1, 0.15) is 38.2 Å². The van der Waals surface area contributed by atoms with Gasteiger partial charge in [-0.2, -0.15) is 0 Å². The van der Waals surface area contributed by atoms with Crippen LogP contribution in [-0.4, -0.2) is 29.9 Å². The van der Waals surface area contributed by atoms with Gasteiger partial charge >= 0.3 is 0 Å². The molecule has 1 N–H and O–H groups in total. The van der Waals surface area contributed by atoms with Crippen LogP contribution in [-0.2, 0) is 4.79 Å². The van der Waals surface area contributed by atoms with Crippen LogP contribution in [0.25, 0.3) is 5.57 Å². The Morgan fingerprint density at radius 3 is 2.95 bits per heavy atom. The van der Waals surface area contributed by atoms with Gasteiger partial charge in [-0.25, -0.2) is 0 Å². The van der Waals surface area contributed by atoms with E-state index in [-0.39, 0.29) is 5.91 Å². The summed E-state index contributed by atoms with van der Waals surface area (Å²) in [6.07, 6.45) is 7.45. The number of anilines is 1. The number of nitrogens with one attached hydrogen (secondary N) is 1. The lowest BCUT2D eigenvalue weighted by Crippen LogP contribution is -2.45. The second-order valence-electron chi connectivity index (χ2n) is 5.98. The lowest BCUT2D eigenvalue weighted by atomic mass is 9.83. The molecule has 0 saturated carbocycles. The van der Waals surface area contributed by atoms with Gasteiger partial charge in [0.1, 0.15) is 0 Å². The number of hydrogen-bond acceptors (Lipinski definition) is 2. The largest absolute Gasteiger partial charge is 0.326 e. The van der Waals surface area contributed by atoms with Crippen LogP contribution < -0.4 is 5.32 Å². The highest BCUT2D eigenvalue weighted by molar-refractivity contribution is 5.89. The molecule has 2 unspecified atom stereocenters. The zero-order valence-electron chi connectivity index (χ0n) is 12.2. The quantitative estimate of drug-likeness (QED) is 0.894. The van der Waals surface area contributed by atoms with Crippen LogP contribution in [0.2, 0.25) is 0 Å². The molecule has 3 heteroatoms. The average Bonchev–Trinajstić information content (AvgIpc) is 2.37. The molecule has 2 bridgehead atoms. The number of fused-ring (bicyclic) bond motifs is 2. The highest BCUT2D eigenvalue weighted by Crippen LogP contribution is 2.36. The molecule has 106 valence electrons. The lowest BCUT2D eigenvalue weighted by Gasteiger charge is -2.42. The monoisotopic (exact) mass is 270 g/mol. The Morgan fingerprint density at radius 1 is 1.35 bits per heavy atom. The fourth-order valence-corrected chi connectivity index (χ4v) is 3.46. The number of rotatable bonds is 2. The first-order valence-electron chi connectivity index (χ1n) is 7.44. The van der Waals surface area contributed by atoms with Gasteiger partial charge in [-0.05, 0) is 49.6 Å². The van der Waals surface area contributed by atoms with Gasteiger partial charge in [-0.1, -0.05) is 24.6 Å². The molecule has 3 nitrogen and oxygen atoms in total. The van der Waals surface area contributed by atoms with Crippen molar-refractivity contribution in [2.24, 2.45) is 0 Å². The fraction of sp³-hybridized carbons (Fsp3) is 0.471. The first-order chi connectivity index (χ1) is 9.63. The first kappa shape index (κ1) is 13.4. The van der Waals surface area contributed by atoms with Crippen molar-refractivity contribution in [2.75, 3.05) is 12.4 Å². The molecular formula is C17H22N2O. The van der Waals surface area contributed by atoms with Crippen LogP contribution in [0.3, 0.4) is 0 Å². The van der Waals surface area contributed by atoms with Crippen molar-refractivity contribution < 1.29 is 4.79 Å². The van der Waals surface area contributed by atoms with E-state index in [2.05, 4.69) is 35.5 Å². The van der Waals surface area contributed by atoms with Gasteiger partial charge in [0.25, 0.3) is 0 Å². The molecule has 3 rings (SSSR count). The molecule has 0 aliphatic carbocycles. The maximum absolute atomic E-state index is 11.2. The summed E-state index contributed by atoms with van der Waals surface area (Å²) in [5.74, 6) is -0.0172. The van der Waals surface area contributed by atoms with Gasteiger partial charge in [0, 0.05) is 24.7 Å². The summed E-state index contributed by atoms with van der Waals surface area (Å²) in [5.41, 5.74) is 3.58. The summed E-state index contributed by atoms with van der Waals surface area (Å²) in [6.45, 7) is 1.55. The van der Waals surface area contributed by atoms with Crippen LogP contribution in [0.5, 0.6) is 0 Å². The Balaban J connectivity index is 1.87. The molecule has 2 aliphatic rings. The molecule has 1 saturated heterocycles. The van der Waals surface area contributed by atoms with Crippen LogP contribution >= 0.6 is 0 Å². The highest BCUT2D eigenvalue weighted by Gasteiger charge is 2.31. The number of amides is 1. The number of benzene rings is 1. The average molecular weight is 270 g/mol. The number of nitrogens with zero attached hydrogens (tertiary/aromatic N) is 1. The summed E-state index contributed by atoms with van der Waals surface area (Å²) in [6, 6.07) is 9.48. The molecule has 0 radical (unpaired) electrons. The van der Waals surface area contributed by atoms with E-state index in [4.69, 9.17) is 0 Å². The minimum atomic E-state index is -0.0172. The van der Waals surface area contributed by atoms with Crippen molar-refractivity contribution in [3.05, 3.63) is 35.9 Å². The van der Waals surface area contributed by atoms with Crippen LogP contribution in [0.15, 0.2) is 30.3 Å². The Kier molecular flexibility index (Phi) is 3.62. The van der Waals surface area contributed by atoms with Crippen molar-refractivity contribution in [1.29, 1.82) is 0 Å². The number of hydrogen-bond donors (Lipinski definition) is 1. The molecule has 1 aromatic rings. The maximum atomic E-state index is 11.2. The van der Waals surface area contributed by atoms with Crippen LogP contribution in [0.4, 0.5) is 5.69 Å². The molecule has 1 fully saturated rings. The third-order valence-corrected chi connectivity index (χ3v) is 4.54. The molecule has 0 spiro atoms. The van der Waals surface area contributed by atoms with Gasteiger partial charge in [-0.15, -0.1) is 0 Å². The number of piperidine rings is 1. The minimum Gasteiger partial charge on any atom is -0.326 e. The Hall–Kier alpha value is -1.61. The molecule has 20 heavy (non-hydrogen) atoms. The van der Waals surface area contributed by atoms with Crippen molar-refractivity contribution in [3.63, 3.8) is 0 Å². The Morgan fingerprint density at radius 2 is 2.20 bits per heavy atom. The Bertz CT molecular complexity index is 550. The molecule has 2 heterocycles. The molecule has 2 aliphatic heterocycles. The zero-order chi connectivity index (χ0) is 14.1. The van der Waals surface area contributed by atoms with Crippen LogP contribution in [0, 0.1) is 0 Å². The first-order valence-corrected chi connectivity index (χ1v) is 7.44. The van der Waals surface area contributed by atoms with E-state index in [1.165, 1.54) is 30.4 Å². The van der Waals surface area contributed by atoms with E-state index < -0.39 is 0 Å². The third kappa shape index (κ3) is 2.63. The van der Waals surface area contributed by atoms with Gasteiger partial charge in [-0.3, -0.25) is 9.69 Å². The Labute approximate surface area is 120 Å². The summed E-state index contributed by atoms with van der Waals surface area (Å²) >= 11 is 0. The van der Waals surface area contributed by atoms with Crippen molar-refractivity contribution >= 4 is 17.2 Å². The minimum absolute atomic E-state index is 0.0172. The molecular weight excluding hydrogens is 248 g/mol. The van der Waals surface area contributed by atoms with Gasteiger partial charge in [0.05, 0.1) is 0 Å². The van der Waals surface area contributed by atoms with Crippen molar-refractivity contribution in [3.8, 4) is 0 Å². The van der Waals surface area contributed by atoms with E-state index in [9.17, 15) is 4.79 Å². The number of carbonyl (C=O) groups is 1. The smallest absolute Gasteiger partial charge is 0.221 e. The summed E-state index contributed by atoms with van der Waals surface area (Å²) < 4.78 is 0. The summed E-state index contributed by atoms with van der Waals surface area (Å²) in [5, 5.41) is 2.87. The number of likely N-dealkylation sites (N-methyl/N-ethyl adjacent to an activating group) is 1. The molecule has 0 aromatic heterocycles. The summed E-state index contributed by atoms with van der Waals surface area (Å²) in [4.78, 5) is 13.7. The topological polar surface area (TPSA) is 32.3 Å². The van der Waals surface area contributed by atoms with Gasteiger partial charge < -0.3 is 5.32 Å². The van der Waals surface area contributed by atoms with E-state index in [1.54, 1.807) is 6.92 Å². The predicted molar refractivity (Wildman–Crippen MR) is 82.5 cm³/mol. The highest BCUT2D eigenvalue weighted by atomic mass is 16.1. The van der Waals surface area contributed by atoms with Crippen molar-refractivity contribution in [2.45, 2.75) is 44.7 Å². The SMILES string of the molecule is CC(=O)Nc1cccc(C2=CC3CCCC(C2)N3C)c1. The summed E-state index contributed by atoms with van der Waals surface area (Å²) in [7, 11) is 2.25. The normalized spacial score (nSPS) is 26.0. The molecule has 1 amide bonds. The third-order valence-electron chi connectivity index (χ3n) is 4.54. The van der Waals surface area contributed by atoms with E-state index in [1.807, 2.05) is 12.1 Å². The standard InChI is InChI=1S/C17H22N2O/c1-12(20)18-15-6-3-5-13(9-15)14-10-16-7-4-8-17(11-14)19(16)2/h3,5-6,9-10,16-17H,4,7-8,11H2,1-2H3,(H,18,20). The second-order valence-corrected chi connectivity index (χ2v) is 5.98. The van der Waals surface area contributed by atoms with Crippen molar-refractivity contribution in [1.82, 2.24) is 4.90 Å². The number of carbonyl (C=O) groups excluding carboxylic acids is 1. The lowest BCUT2D eigenvalue weighted by molar-refractivity contribution is -0.114. The second kappa shape index (κ2) is 5.41. The van der Waals surface area contributed by atoms with E-state index in [0.717, 1.165) is 12.1 Å². The van der Waals surface area contributed by atoms with E-state index >= 15 is 0 Å². The fourth-order valence-electron chi connectivity index (χ4n) is 3.46. The van der Waals surface area contributed by atoms with E-state index in [0.29, 0.717) is 12.1 Å². The zero-order valence-corrected chi connectivity index (χ0v) is 12.2. The molecule has 2 atom stereocenters. The molecule has 1 aromatic carbocycles. The maximum Gasteiger partial charge on any atom is 0.221 e. The van der Waals surface area contributed by atoms with Gasteiger partial charge in [0.2, 0.25) is 5.91 Å².